The summed E-state index contributed by atoms with van der Waals surface area (Å²) in [5.74, 6) is -3.40. The van der Waals surface area contributed by atoms with Gasteiger partial charge in [-0.15, -0.1) is 0 Å². The standard InChI is InChI=1S/C22H35NO13/c1-11(24)32-10-15(33-12(2)25)22(29)9-14(35-19(31-8)17(22)34-13(3)26)16(18(27)30-7)23-20(28)36-21(4,5)6/h14-17,19,29H,9-10H2,1-8H3,(H,23,28)/t14-,15-,16+,17-,19-,22+/m0/s1. The molecule has 0 radical (unpaired) electrons. The van der Waals surface area contributed by atoms with Crippen molar-refractivity contribution >= 4 is 30.0 Å². The highest BCUT2D eigenvalue weighted by Crippen LogP contribution is 2.38. The third-order valence-corrected chi connectivity index (χ3v) is 4.91. The van der Waals surface area contributed by atoms with Crippen molar-refractivity contribution in [2.24, 2.45) is 0 Å². The molecular formula is C22H35NO13. The smallest absolute Gasteiger partial charge is 0.408 e. The molecule has 1 fully saturated rings. The van der Waals surface area contributed by atoms with Crippen molar-refractivity contribution in [3.05, 3.63) is 0 Å². The highest BCUT2D eigenvalue weighted by molar-refractivity contribution is 5.82. The lowest BCUT2D eigenvalue weighted by molar-refractivity contribution is -0.314. The molecule has 14 nitrogen and oxygen atoms in total. The molecule has 1 saturated heterocycles. The largest absolute Gasteiger partial charge is 0.467 e. The molecule has 0 aliphatic carbocycles. The molecule has 0 bridgehead atoms. The number of methoxy groups -OCH3 is 2. The van der Waals surface area contributed by atoms with Gasteiger partial charge in [0.25, 0.3) is 0 Å². The van der Waals surface area contributed by atoms with Crippen molar-refractivity contribution in [2.75, 3.05) is 20.8 Å². The first-order valence-corrected chi connectivity index (χ1v) is 11.0. The average Bonchev–Trinajstić information content (AvgIpc) is 2.73. The molecule has 0 unspecified atom stereocenters. The van der Waals surface area contributed by atoms with E-state index >= 15 is 0 Å². The fourth-order valence-corrected chi connectivity index (χ4v) is 3.53. The lowest BCUT2D eigenvalue weighted by Gasteiger charge is -2.49. The molecule has 6 atom stereocenters. The van der Waals surface area contributed by atoms with E-state index in [2.05, 4.69) is 5.32 Å². The van der Waals surface area contributed by atoms with E-state index < -0.39 is 84.8 Å². The monoisotopic (exact) mass is 521 g/mol. The Bertz CT molecular complexity index is 823. The molecule has 1 aliphatic heterocycles. The van der Waals surface area contributed by atoms with Gasteiger partial charge in [-0.1, -0.05) is 0 Å². The van der Waals surface area contributed by atoms with Crippen LogP contribution in [0.1, 0.15) is 48.0 Å². The first-order chi connectivity index (χ1) is 16.5. The minimum absolute atomic E-state index is 0.570. The van der Waals surface area contributed by atoms with Crippen molar-refractivity contribution in [2.45, 2.75) is 89.8 Å². The Balaban J connectivity index is 3.52. The number of alkyl carbamates (subject to hydrolysis) is 1. The normalized spacial score (nSPS) is 25.5. The SMILES string of the molecule is COC(=O)[C@H](NC(=O)OC(C)(C)C)[C@@H]1C[C@@](O)([C@H](COC(C)=O)OC(C)=O)[C@@H](OC(C)=O)[C@@H](OC)O1. The van der Waals surface area contributed by atoms with E-state index in [0.29, 0.717) is 0 Å². The zero-order valence-electron chi connectivity index (χ0n) is 21.6. The van der Waals surface area contributed by atoms with Gasteiger partial charge in [-0.05, 0) is 20.8 Å². The number of hydrogen-bond acceptors (Lipinski definition) is 13. The summed E-state index contributed by atoms with van der Waals surface area (Å²) in [5.41, 5.74) is -3.23. The summed E-state index contributed by atoms with van der Waals surface area (Å²) >= 11 is 0. The molecule has 0 aromatic heterocycles. The minimum Gasteiger partial charge on any atom is -0.467 e. The van der Waals surface area contributed by atoms with Crippen molar-refractivity contribution in [1.29, 1.82) is 0 Å². The Hall–Kier alpha value is -2.97. The summed E-state index contributed by atoms with van der Waals surface area (Å²) < 4.78 is 36.4. The zero-order valence-corrected chi connectivity index (χ0v) is 21.6. The predicted octanol–water partition coefficient (Wildman–Crippen LogP) is -0.0283. The maximum Gasteiger partial charge on any atom is 0.408 e. The van der Waals surface area contributed by atoms with Crippen molar-refractivity contribution in [3.8, 4) is 0 Å². The Kier molecular flexibility index (Phi) is 11.1. The lowest BCUT2D eigenvalue weighted by Crippen LogP contribution is -2.69. The average molecular weight is 522 g/mol. The van der Waals surface area contributed by atoms with Gasteiger partial charge in [0.05, 0.1) is 13.2 Å². The summed E-state index contributed by atoms with van der Waals surface area (Å²) in [7, 11) is 2.24. The third-order valence-electron chi connectivity index (χ3n) is 4.91. The molecule has 14 heteroatoms. The fourth-order valence-electron chi connectivity index (χ4n) is 3.53. The van der Waals surface area contributed by atoms with E-state index in [0.717, 1.165) is 27.9 Å². The number of amides is 1. The van der Waals surface area contributed by atoms with Gasteiger partial charge < -0.3 is 43.6 Å². The summed E-state index contributed by atoms with van der Waals surface area (Å²) in [6.07, 6.45) is -7.64. The second-order valence-electron chi connectivity index (χ2n) is 9.05. The molecule has 0 spiro atoms. The van der Waals surface area contributed by atoms with Crippen LogP contribution in [0.3, 0.4) is 0 Å². The van der Waals surface area contributed by atoms with Crippen LogP contribution in [0.5, 0.6) is 0 Å². The Morgan fingerprint density at radius 2 is 1.67 bits per heavy atom. The third kappa shape index (κ3) is 8.91. The van der Waals surface area contributed by atoms with Gasteiger partial charge in [-0.3, -0.25) is 14.4 Å². The summed E-state index contributed by atoms with van der Waals surface area (Å²) in [5, 5.41) is 14.1. The van der Waals surface area contributed by atoms with Crippen molar-refractivity contribution in [1.82, 2.24) is 5.32 Å². The molecule has 0 saturated carbocycles. The summed E-state index contributed by atoms with van der Waals surface area (Å²) in [4.78, 5) is 60.1. The molecule has 1 aliphatic rings. The Morgan fingerprint density at radius 1 is 1.06 bits per heavy atom. The number of hydrogen-bond donors (Lipinski definition) is 2. The van der Waals surface area contributed by atoms with Gasteiger partial charge >= 0.3 is 30.0 Å². The number of aliphatic hydroxyl groups is 1. The van der Waals surface area contributed by atoms with E-state index in [4.69, 9.17) is 33.2 Å². The van der Waals surface area contributed by atoms with Crippen LogP contribution < -0.4 is 5.32 Å². The summed E-state index contributed by atoms with van der Waals surface area (Å²) in [6.45, 7) is 7.41. The molecule has 1 heterocycles. The van der Waals surface area contributed by atoms with Crippen LogP contribution in [0.2, 0.25) is 0 Å². The van der Waals surface area contributed by atoms with Crippen LogP contribution >= 0.6 is 0 Å². The van der Waals surface area contributed by atoms with E-state index in [1.54, 1.807) is 20.8 Å². The number of carbonyl (C=O) groups excluding carboxylic acids is 5. The van der Waals surface area contributed by atoms with E-state index in [1.165, 1.54) is 7.11 Å². The molecule has 206 valence electrons. The molecule has 1 rings (SSSR count). The molecule has 1 amide bonds. The number of carbonyl (C=O) groups is 5. The first-order valence-electron chi connectivity index (χ1n) is 11.0. The van der Waals surface area contributed by atoms with Gasteiger partial charge in [-0.25, -0.2) is 9.59 Å². The van der Waals surface area contributed by atoms with E-state index in [9.17, 15) is 29.1 Å². The topological polar surface area (TPSA) is 182 Å². The number of rotatable bonds is 9. The zero-order chi connectivity index (χ0) is 27.8. The number of esters is 4. The van der Waals surface area contributed by atoms with E-state index in [1.807, 2.05) is 0 Å². The molecule has 36 heavy (non-hydrogen) atoms. The van der Waals surface area contributed by atoms with Gasteiger partial charge in [0.15, 0.2) is 24.5 Å². The Morgan fingerprint density at radius 3 is 2.11 bits per heavy atom. The Labute approximate surface area is 208 Å². The van der Waals surface area contributed by atoms with Crippen LogP contribution in [0.15, 0.2) is 0 Å². The molecule has 0 aromatic rings. The molecular weight excluding hydrogens is 486 g/mol. The lowest BCUT2D eigenvalue weighted by atomic mass is 9.80. The van der Waals surface area contributed by atoms with Crippen LogP contribution in [-0.4, -0.2) is 97.7 Å². The van der Waals surface area contributed by atoms with Gasteiger partial charge in [0.2, 0.25) is 0 Å². The number of ether oxygens (including phenoxy) is 7. The predicted molar refractivity (Wildman–Crippen MR) is 118 cm³/mol. The number of nitrogens with one attached hydrogen (secondary N) is 1. The van der Waals surface area contributed by atoms with Gasteiger partial charge in [-0.2, -0.15) is 0 Å². The maximum atomic E-state index is 12.6. The van der Waals surface area contributed by atoms with Gasteiger partial charge in [0, 0.05) is 34.3 Å². The van der Waals surface area contributed by atoms with Crippen LogP contribution in [-0.2, 0) is 52.3 Å². The van der Waals surface area contributed by atoms with Crippen molar-refractivity contribution < 1.29 is 62.2 Å². The van der Waals surface area contributed by atoms with E-state index in [-0.39, 0.29) is 0 Å². The van der Waals surface area contributed by atoms with Gasteiger partial charge in [0.1, 0.15) is 17.8 Å². The highest BCUT2D eigenvalue weighted by Gasteiger charge is 2.59. The minimum atomic E-state index is -2.32. The first kappa shape index (κ1) is 31.1. The van der Waals surface area contributed by atoms with Crippen LogP contribution in [0.4, 0.5) is 4.79 Å². The quantitative estimate of drug-likeness (QED) is 0.305. The molecule has 0 aromatic carbocycles. The van der Waals surface area contributed by atoms with Crippen molar-refractivity contribution in [3.63, 3.8) is 0 Å². The summed E-state index contributed by atoms with van der Waals surface area (Å²) in [6, 6.07) is -1.54. The second kappa shape index (κ2) is 12.8. The highest BCUT2D eigenvalue weighted by atomic mass is 16.7. The fraction of sp³-hybridized carbons (Fsp3) is 0.773. The van der Waals surface area contributed by atoms with Crippen LogP contribution in [0.25, 0.3) is 0 Å². The van der Waals surface area contributed by atoms with Crippen LogP contribution in [0, 0.1) is 0 Å². The maximum absolute atomic E-state index is 12.6. The molecule has 2 N–H and O–H groups in total. The second-order valence-corrected chi connectivity index (χ2v) is 9.05.